The van der Waals surface area contributed by atoms with Crippen LogP contribution < -0.4 is 19.9 Å². The Kier molecular flexibility index (Phi) is 10.0. The third kappa shape index (κ3) is 7.69. The lowest BCUT2D eigenvalue weighted by Gasteiger charge is -2.35. The van der Waals surface area contributed by atoms with Crippen molar-refractivity contribution < 1.29 is 14.5 Å². The summed E-state index contributed by atoms with van der Waals surface area (Å²) in [5, 5.41) is 14.4. The van der Waals surface area contributed by atoms with Crippen molar-refractivity contribution in [3.63, 3.8) is 0 Å². The fourth-order valence-corrected chi connectivity index (χ4v) is 5.00. The largest absolute Gasteiger partial charge is 0.497 e. The molecule has 0 saturated carbocycles. The van der Waals surface area contributed by atoms with Crippen LogP contribution in [-0.4, -0.2) is 47.5 Å². The van der Waals surface area contributed by atoms with Gasteiger partial charge in [0.25, 0.3) is 11.6 Å². The first kappa shape index (κ1) is 29.3. The van der Waals surface area contributed by atoms with E-state index in [0.29, 0.717) is 48.6 Å². The maximum atomic E-state index is 13.5. The van der Waals surface area contributed by atoms with Crippen molar-refractivity contribution in [2.24, 2.45) is 5.92 Å². The van der Waals surface area contributed by atoms with E-state index in [9.17, 15) is 14.9 Å². The number of aromatic nitrogens is 2. The second kappa shape index (κ2) is 14.1. The third-order valence-corrected chi connectivity index (χ3v) is 7.10. The van der Waals surface area contributed by atoms with Gasteiger partial charge in [-0.2, -0.15) is 4.98 Å². The molecule has 1 atom stereocenters. The molecule has 1 aliphatic heterocycles. The molecule has 214 valence electrons. The Morgan fingerprint density at radius 3 is 2.73 bits per heavy atom. The molecule has 3 aromatic rings. The summed E-state index contributed by atoms with van der Waals surface area (Å²) in [6.07, 6.45) is 8.92. The van der Waals surface area contributed by atoms with Crippen molar-refractivity contribution in [3.8, 4) is 5.75 Å². The number of benzene rings is 2. The van der Waals surface area contributed by atoms with E-state index in [1.807, 2.05) is 41.3 Å². The first-order valence-electron chi connectivity index (χ1n) is 13.7. The molecule has 4 rings (SSSR count). The molecule has 1 amide bonds. The summed E-state index contributed by atoms with van der Waals surface area (Å²) in [5.74, 6) is 1.57. The molecule has 0 bridgehead atoms. The molecule has 1 aromatic heterocycles. The summed E-state index contributed by atoms with van der Waals surface area (Å²) >= 11 is 0. The predicted octanol–water partition coefficient (Wildman–Crippen LogP) is 6.02. The van der Waals surface area contributed by atoms with Gasteiger partial charge in [-0.1, -0.05) is 24.3 Å². The van der Waals surface area contributed by atoms with Crippen LogP contribution in [0.5, 0.6) is 5.75 Å². The van der Waals surface area contributed by atoms with Crippen molar-refractivity contribution in [2.75, 3.05) is 41.9 Å². The minimum atomic E-state index is -0.437. The number of piperidine rings is 1. The van der Waals surface area contributed by atoms with Gasteiger partial charge in [0.05, 0.1) is 23.3 Å². The minimum absolute atomic E-state index is 0.0527. The van der Waals surface area contributed by atoms with Crippen molar-refractivity contribution in [3.05, 3.63) is 101 Å². The normalized spacial score (nSPS) is 14.7. The van der Waals surface area contributed by atoms with Crippen LogP contribution >= 0.6 is 0 Å². The number of nitro groups is 1. The number of allylic oxidation sites excluding steroid dienone is 1. The average Bonchev–Trinajstić information content (AvgIpc) is 2.99. The standard InChI is InChI=1S/C31H36N6O4/c1-4-6-18-36(22-24-10-13-26(41-3)14-11-24)31-32-17-16-29(34-31)33-30(38)27-15-12-25(37(39)40)20-28(27)35-19-7-9-23(21-35)8-5-2/h4-5,10-17,20,23H,1-2,6-9,18-19,21-22H2,3H3,(H,32,33,34,38). The fourth-order valence-electron chi connectivity index (χ4n) is 5.00. The first-order chi connectivity index (χ1) is 19.9. The van der Waals surface area contributed by atoms with Gasteiger partial charge in [-0.05, 0) is 61.4 Å². The molecule has 0 radical (unpaired) electrons. The van der Waals surface area contributed by atoms with Gasteiger partial charge < -0.3 is 19.9 Å². The van der Waals surface area contributed by atoms with E-state index >= 15 is 0 Å². The van der Waals surface area contributed by atoms with Gasteiger partial charge in [0.15, 0.2) is 0 Å². The zero-order valence-corrected chi connectivity index (χ0v) is 23.4. The Balaban J connectivity index is 1.57. The highest BCUT2D eigenvalue weighted by Crippen LogP contribution is 2.31. The number of hydrogen-bond donors (Lipinski definition) is 1. The molecular weight excluding hydrogens is 520 g/mol. The van der Waals surface area contributed by atoms with Crippen LogP contribution in [-0.2, 0) is 6.54 Å². The van der Waals surface area contributed by atoms with E-state index in [1.54, 1.807) is 19.4 Å². The van der Waals surface area contributed by atoms with Crippen LogP contribution in [0.25, 0.3) is 0 Å². The number of carbonyl (C=O) groups is 1. The lowest BCUT2D eigenvalue weighted by Crippen LogP contribution is -2.36. The van der Waals surface area contributed by atoms with E-state index in [4.69, 9.17) is 4.74 Å². The number of carbonyl (C=O) groups excluding carboxylic acids is 1. The van der Waals surface area contributed by atoms with Gasteiger partial charge in [-0.25, -0.2) is 4.98 Å². The Bertz CT molecular complexity index is 1380. The molecule has 1 fully saturated rings. The van der Waals surface area contributed by atoms with Gasteiger partial charge in [0.1, 0.15) is 11.6 Å². The molecule has 1 unspecified atom stereocenters. The molecule has 0 spiro atoms. The topological polar surface area (TPSA) is 114 Å². The second-order valence-electron chi connectivity index (χ2n) is 9.98. The molecule has 10 nitrogen and oxygen atoms in total. The van der Waals surface area contributed by atoms with E-state index in [0.717, 1.165) is 43.5 Å². The van der Waals surface area contributed by atoms with Gasteiger partial charge in [-0.3, -0.25) is 14.9 Å². The summed E-state index contributed by atoms with van der Waals surface area (Å²) in [7, 11) is 1.63. The Hall–Kier alpha value is -4.73. The zero-order valence-electron chi connectivity index (χ0n) is 23.4. The number of non-ortho nitro benzene ring substituents is 1. The van der Waals surface area contributed by atoms with Gasteiger partial charge >= 0.3 is 0 Å². The molecule has 1 aliphatic rings. The van der Waals surface area contributed by atoms with Crippen LogP contribution in [0.2, 0.25) is 0 Å². The summed E-state index contributed by atoms with van der Waals surface area (Å²) < 4.78 is 5.26. The van der Waals surface area contributed by atoms with Crippen LogP contribution in [0.1, 0.15) is 41.6 Å². The van der Waals surface area contributed by atoms with E-state index in [-0.39, 0.29) is 5.69 Å². The summed E-state index contributed by atoms with van der Waals surface area (Å²) in [6, 6.07) is 13.8. The number of nitrogens with one attached hydrogen (secondary N) is 1. The smallest absolute Gasteiger partial charge is 0.271 e. The molecule has 0 aliphatic carbocycles. The fraction of sp³-hybridized carbons (Fsp3) is 0.323. The number of anilines is 3. The molecule has 10 heteroatoms. The zero-order chi connectivity index (χ0) is 29.2. The number of hydrogen-bond acceptors (Lipinski definition) is 8. The molecule has 1 N–H and O–H groups in total. The first-order valence-corrected chi connectivity index (χ1v) is 13.7. The van der Waals surface area contributed by atoms with Crippen molar-refractivity contribution in [1.29, 1.82) is 0 Å². The Morgan fingerprint density at radius 1 is 1.22 bits per heavy atom. The highest BCUT2D eigenvalue weighted by Gasteiger charge is 2.25. The number of amides is 1. The lowest BCUT2D eigenvalue weighted by molar-refractivity contribution is -0.384. The number of methoxy groups -OCH3 is 1. The van der Waals surface area contributed by atoms with E-state index in [1.165, 1.54) is 18.2 Å². The second-order valence-corrected chi connectivity index (χ2v) is 9.98. The summed E-state index contributed by atoms with van der Waals surface area (Å²) in [6.45, 7) is 10.3. The summed E-state index contributed by atoms with van der Waals surface area (Å²) in [4.78, 5) is 37.8. The minimum Gasteiger partial charge on any atom is -0.497 e. The van der Waals surface area contributed by atoms with E-state index in [2.05, 4.69) is 33.3 Å². The summed E-state index contributed by atoms with van der Waals surface area (Å²) in [5.41, 5.74) is 1.91. The van der Waals surface area contributed by atoms with Gasteiger partial charge in [0.2, 0.25) is 5.95 Å². The number of rotatable bonds is 13. The molecule has 41 heavy (non-hydrogen) atoms. The molecule has 1 saturated heterocycles. The van der Waals surface area contributed by atoms with Crippen LogP contribution in [0.3, 0.4) is 0 Å². The molecule has 2 aromatic carbocycles. The van der Waals surface area contributed by atoms with Crippen molar-refractivity contribution in [2.45, 2.75) is 32.2 Å². The highest BCUT2D eigenvalue weighted by molar-refractivity contribution is 6.08. The number of ether oxygens (including phenoxy) is 1. The molecule has 2 heterocycles. The van der Waals surface area contributed by atoms with Crippen LogP contribution in [0, 0.1) is 16.0 Å². The van der Waals surface area contributed by atoms with Crippen LogP contribution in [0.15, 0.2) is 80.0 Å². The van der Waals surface area contributed by atoms with Gasteiger partial charge in [-0.15, -0.1) is 13.2 Å². The SMILES string of the molecule is C=CCCN(Cc1ccc(OC)cc1)c1nccc(NC(=O)c2ccc([N+](=O)[O-])cc2N2CCCC(CC=C)C2)n1. The average molecular weight is 557 g/mol. The lowest BCUT2D eigenvalue weighted by atomic mass is 9.94. The van der Waals surface area contributed by atoms with Crippen molar-refractivity contribution >= 4 is 29.0 Å². The highest BCUT2D eigenvalue weighted by atomic mass is 16.6. The number of nitro benzene ring substituents is 1. The third-order valence-electron chi connectivity index (χ3n) is 7.10. The van der Waals surface area contributed by atoms with E-state index < -0.39 is 10.8 Å². The Labute approximate surface area is 240 Å². The molecular formula is C31H36N6O4. The quantitative estimate of drug-likeness (QED) is 0.154. The van der Waals surface area contributed by atoms with Gasteiger partial charge in [0, 0.05) is 44.5 Å². The predicted molar refractivity (Wildman–Crippen MR) is 162 cm³/mol. The maximum Gasteiger partial charge on any atom is 0.271 e. The monoisotopic (exact) mass is 556 g/mol. The number of nitrogens with zero attached hydrogens (tertiary/aromatic N) is 5. The Morgan fingerprint density at radius 2 is 2.02 bits per heavy atom. The maximum absolute atomic E-state index is 13.5. The van der Waals surface area contributed by atoms with Crippen molar-refractivity contribution in [1.82, 2.24) is 9.97 Å². The van der Waals surface area contributed by atoms with Crippen LogP contribution in [0.4, 0.5) is 23.1 Å².